The fourth-order valence-electron chi connectivity index (χ4n) is 9.56. The van der Waals surface area contributed by atoms with Gasteiger partial charge in [-0.1, -0.05) is 237 Å². The molecule has 11 heteroatoms. The Morgan fingerprint density at radius 3 is 1.38 bits per heavy atom. The van der Waals surface area contributed by atoms with Gasteiger partial charge in [0, 0.05) is 12.8 Å². The first-order valence-electron chi connectivity index (χ1n) is 30.8. The summed E-state index contributed by atoms with van der Waals surface area (Å²) in [5, 5.41) is 54.1. The number of aliphatic hydroxyl groups is 5. The van der Waals surface area contributed by atoms with Crippen LogP contribution in [-0.4, -0.2) is 100 Å². The summed E-state index contributed by atoms with van der Waals surface area (Å²) in [6.45, 7) is 4.28. The van der Waals surface area contributed by atoms with Crippen molar-refractivity contribution >= 4 is 11.9 Å². The number of hydrogen-bond acceptors (Lipinski definition) is 10. The minimum Gasteiger partial charge on any atom is -0.466 e. The first-order chi connectivity index (χ1) is 35.7. The van der Waals surface area contributed by atoms with Gasteiger partial charge in [0.25, 0.3) is 0 Å². The van der Waals surface area contributed by atoms with Gasteiger partial charge in [-0.3, -0.25) is 9.59 Å². The highest BCUT2D eigenvalue weighted by molar-refractivity contribution is 5.76. The van der Waals surface area contributed by atoms with E-state index in [-0.39, 0.29) is 18.5 Å². The molecule has 0 aromatic rings. The molecule has 1 aliphatic heterocycles. The summed E-state index contributed by atoms with van der Waals surface area (Å²) in [6.07, 6.45) is 54.1. The maximum atomic E-state index is 13.0. The second kappa shape index (κ2) is 52.0. The van der Waals surface area contributed by atoms with Crippen LogP contribution in [0.1, 0.15) is 284 Å². The molecular weight excluding hydrogens is 919 g/mol. The number of carbonyl (C=O) groups is 2. The third kappa shape index (κ3) is 41.7. The lowest BCUT2D eigenvalue weighted by Crippen LogP contribution is -2.60. The number of carbonyl (C=O) groups excluding carboxylic acids is 2. The maximum Gasteiger partial charge on any atom is 0.305 e. The van der Waals surface area contributed by atoms with Gasteiger partial charge in [0.05, 0.1) is 32.0 Å². The molecule has 1 heterocycles. The van der Waals surface area contributed by atoms with Crippen LogP contribution in [0.25, 0.3) is 0 Å². The van der Waals surface area contributed by atoms with Gasteiger partial charge in [0.2, 0.25) is 5.91 Å². The van der Waals surface area contributed by atoms with Gasteiger partial charge in [0.1, 0.15) is 24.4 Å². The first-order valence-corrected chi connectivity index (χ1v) is 30.8. The zero-order chi connectivity index (χ0) is 53.1. The third-order valence-electron chi connectivity index (χ3n) is 14.5. The van der Waals surface area contributed by atoms with Gasteiger partial charge in [-0.25, -0.2) is 0 Å². The van der Waals surface area contributed by atoms with Crippen LogP contribution >= 0.6 is 0 Å². The lowest BCUT2D eigenvalue weighted by atomic mass is 9.99. The average molecular weight is 1030 g/mol. The van der Waals surface area contributed by atoms with E-state index in [1.807, 2.05) is 6.08 Å². The van der Waals surface area contributed by atoms with Crippen molar-refractivity contribution in [1.29, 1.82) is 0 Å². The second-order valence-corrected chi connectivity index (χ2v) is 21.4. The number of ether oxygens (including phenoxy) is 3. The Balaban J connectivity index is 2.00. The molecule has 7 atom stereocenters. The predicted molar refractivity (Wildman–Crippen MR) is 301 cm³/mol. The molecule has 1 rings (SSSR count). The third-order valence-corrected chi connectivity index (χ3v) is 14.5. The van der Waals surface area contributed by atoms with Crippen molar-refractivity contribution in [2.45, 2.75) is 326 Å². The van der Waals surface area contributed by atoms with E-state index < -0.39 is 49.5 Å². The fourth-order valence-corrected chi connectivity index (χ4v) is 9.56. The topological polar surface area (TPSA) is 175 Å². The van der Waals surface area contributed by atoms with E-state index in [9.17, 15) is 35.1 Å². The van der Waals surface area contributed by atoms with E-state index in [1.165, 1.54) is 186 Å². The molecule has 0 aromatic carbocycles. The van der Waals surface area contributed by atoms with E-state index >= 15 is 0 Å². The number of rotatable bonds is 53. The number of aliphatic hydroxyl groups excluding tert-OH is 5. The molecule has 6 N–H and O–H groups in total. The number of amides is 1. The summed E-state index contributed by atoms with van der Waals surface area (Å²) in [6, 6.07) is -0.831. The summed E-state index contributed by atoms with van der Waals surface area (Å²) >= 11 is 0. The Labute approximate surface area is 447 Å². The summed E-state index contributed by atoms with van der Waals surface area (Å²) in [7, 11) is 0. The first kappa shape index (κ1) is 68.9. The molecule has 0 saturated carbocycles. The molecule has 7 unspecified atom stereocenters. The lowest BCUT2D eigenvalue weighted by Gasteiger charge is -2.40. The largest absolute Gasteiger partial charge is 0.466 e. The van der Waals surface area contributed by atoms with E-state index in [4.69, 9.17) is 14.2 Å². The van der Waals surface area contributed by atoms with Crippen LogP contribution in [0.3, 0.4) is 0 Å². The van der Waals surface area contributed by atoms with Gasteiger partial charge >= 0.3 is 5.97 Å². The molecule has 11 nitrogen and oxygen atoms in total. The molecule has 73 heavy (non-hydrogen) atoms. The second-order valence-electron chi connectivity index (χ2n) is 21.4. The van der Waals surface area contributed by atoms with Gasteiger partial charge in [-0.2, -0.15) is 0 Å². The Morgan fingerprint density at radius 1 is 0.493 bits per heavy atom. The van der Waals surface area contributed by atoms with Crippen LogP contribution in [0.15, 0.2) is 36.5 Å². The number of nitrogens with one attached hydrogen (secondary N) is 1. The van der Waals surface area contributed by atoms with Crippen molar-refractivity contribution in [1.82, 2.24) is 5.32 Å². The summed E-state index contributed by atoms with van der Waals surface area (Å²) < 4.78 is 16.7. The van der Waals surface area contributed by atoms with Gasteiger partial charge in [-0.15, -0.1) is 0 Å². The number of unbranched alkanes of at least 4 members (excludes halogenated alkanes) is 35. The summed E-state index contributed by atoms with van der Waals surface area (Å²) in [5.74, 6) is -0.202. The van der Waals surface area contributed by atoms with E-state index in [1.54, 1.807) is 6.08 Å². The number of hydrogen-bond donors (Lipinski definition) is 6. The van der Waals surface area contributed by atoms with Crippen molar-refractivity contribution < 1.29 is 49.3 Å². The molecule has 0 radical (unpaired) electrons. The molecule has 1 aliphatic rings. The zero-order valence-corrected chi connectivity index (χ0v) is 47.1. The van der Waals surface area contributed by atoms with Crippen molar-refractivity contribution in [2.24, 2.45) is 0 Å². The quantitative estimate of drug-likeness (QED) is 0.0195. The van der Waals surface area contributed by atoms with E-state index in [2.05, 4.69) is 43.5 Å². The van der Waals surface area contributed by atoms with Gasteiger partial charge in [-0.05, 0) is 70.6 Å². The van der Waals surface area contributed by atoms with Crippen LogP contribution < -0.4 is 5.32 Å². The fraction of sp³-hybridized carbons (Fsp3) is 0.871. The highest BCUT2D eigenvalue weighted by Crippen LogP contribution is 2.23. The molecule has 0 spiro atoms. The van der Waals surface area contributed by atoms with Crippen LogP contribution in [0.2, 0.25) is 0 Å². The smallest absolute Gasteiger partial charge is 0.305 e. The molecule has 428 valence electrons. The average Bonchev–Trinajstić information content (AvgIpc) is 3.39. The predicted octanol–water partition coefficient (Wildman–Crippen LogP) is 14.3. The number of allylic oxidation sites excluding steroid dienone is 5. The monoisotopic (exact) mass is 1030 g/mol. The van der Waals surface area contributed by atoms with Crippen LogP contribution in [0, 0.1) is 0 Å². The minimum absolute atomic E-state index is 0.000935. The van der Waals surface area contributed by atoms with Crippen LogP contribution in [0.4, 0.5) is 0 Å². The van der Waals surface area contributed by atoms with Crippen molar-refractivity contribution in [3.05, 3.63) is 36.5 Å². The zero-order valence-electron chi connectivity index (χ0n) is 47.1. The standard InChI is InChI=1S/C62H115NO10/c1-3-5-7-9-11-13-14-15-27-30-34-38-42-46-50-58(67)71-51-47-43-39-35-31-28-25-23-21-19-17-16-18-20-22-24-26-29-33-37-41-45-49-57(66)63-54(55(65)48-44-40-36-32-12-10-8-6-4-2)53-72-62-61(70)60(69)59(68)56(52-64)73-62/h12,18,20,32,44,48,54-56,59-62,64-65,68-70H,3-11,13-17,19,21-31,33-43,45-47,49-53H2,1-2H3,(H,63,66)/b20-18-,32-12+,48-44+. The minimum atomic E-state index is -1.58. The van der Waals surface area contributed by atoms with E-state index in [0.29, 0.717) is 19.4 Å². The number of esters is 1. The Hall–Kier alpha value is -2.12. The highest BCUT2D eigenvalue weighted by atomic mass is 16.7. The molecule has 1 amide bonds. The Morgan fingerprint density at radius 2 is 0.890 bits per heavy atom. The lowest BCUT2D eigenvalue weighted by molar-refractivity contribution is -0.302. The van der Waals surface area contributed by atoms with Crippen molar-refractivity contribution in [3.8, 4) is 0 Å². The highest BCUT2D eigenvalue weighted by Gasteiger charge is 2.44. The van der Waals surface area contributed by atoms with Crippen molar-refractivity contribution in [3.63, 3.8) is 0 Å². The summed E-state index contributed by atoms with van der Waals surface area (Å²) in [4.78, 5) is 25.0. The molecule has 1 fully saturated rings. The molecule has 0 aliphatic carbocycles. The van der Waals surface area contributed by atoms with Gasteiger partial charge < -0.3 is 45.1 Å². The van der Waals surface area contributed by atoms with E-state index in [0.717, 1.165) is 70.6 Å². The van der Waals surface area contributed by atoms with Crippen LogP contribution in [-0.2, 0) is 23.8 Å². The Kier molecular flexibility index (Phi) is 49.0. The maximum absolute atomic E-state index is 13.0. The van der Waals surface area contributed by atoms with Gasteiger partial charge in [0.15, 0.2) is 6.29 Å². The summed E-state index contributed by atoms with van der Waals surface area (Å²) in [5.41, 5.74) is 0. The Bertz CT molecular complexity index is 1310. The SMILES string of the molecule is CCCCC/C=C/CC/C=C/C(O)C(COC1OC(CO)C(O)C(O)C1O)NC(=O)CCCCCCCCC/C=C\CCCCCCCCCCCCCOC(=O)CCCCCCCCCCCCCCCC. The molecule has 0 aromatic heterocycles. The molecule has 1 saturated heterocycles. The normalized spacial score (nSPS) is 19.1. The molecule has 0 bridgehead atoms. The van der Waals surface area contributed by atoms with Crippen molar-refractivity contribution in [2.75, 3.05) is 19.8 Å². The molecular formula is C62H115NO10. The van der Waals surface area contributed by atoms with Crippen LogP contribution in [0.5, 0.6) is 0 Å².